The summed E-state index contributed by atoms with van der Waals surface area (Å²) in [6, 6.07) is 0. The molecule has 1 aliphatic rings. The Hall–Kier alpha value is -2.06. The lowest BCUT2D eigenvalue weighted by molar-refractivity contribution is -0.167. The maximum absolute atomic E-state index is 12.3. The van der Waals surface area contributed by atoms with Crippen LogP contribution in [0.4, 0.5) is 0 Å². The highest BCUT2D eigenvalue weighted by Gasteiger charge is 2.51. The van der Waals surface area contributed by atoms with E-state index in [2.05, 4.69) is 5.73 Å². The molecule has 1 aliphatic carbocycles. The highest BCUT2D eigenvalue weighted by molar-refractivity contribution is 6.03. The van der Waals surface area contributed by atoms with Gasteiger partial charge in [-0.15, -0.1) is 5.73 Å². The molecule has 0 aliphatic heterocycles. The van der Waals surface area contributed by atoms with Gasteiger partial charge >= 0.3 is 11.9 Å². The molecule has 4 heteroatoms. The van der Waals surface area contributed by atoms with Gasteiger partial charge in [-0.3, -0.25) is 9.59 Å². The second kappa shape index (κ2) is 6.92. The fourth-order valence-corrected chi connectivity index (χ4v) is 2.13. The van der Waals surface area contributed by atoms with E-state index in [0.717, 1.165) is 5.57 Å². The summed E-state index contributed by atoms with van der Waals surface area (Å²) in [7, 11) is 2.53. The molecule has 0 fully saturated rings. The first-order valence-electron chi connectivity index (χ1n) is 6.40. The molecule has 4 nitrogen and oxygen atoms in total. The van der Waals surface area contributed by atoms with Gasteiger partial charge in [0.2, 0.25) is 0 Å². The number of hydrogen-bond donors (Lipinski definition) is 0. The highest BCUT2D eigenvalue weighted by Crippen LogP contribution is 2.37. The highest BCUT2D eigenvalue weighted by atomic mass is 16.5. The minimum Gasteiger partial charge on any atom is -0.468 e. The second-order valence-electron chi connectivity index (χ2n) is 4.80. The normalized spacial score (nSPS) is 17.1. The van der Waals surface area contributed by atoms with E-state index >= 15 is 0 Å². The average Bonchev–Trinajstić information content (AvgIpc) is 2.47. The van der Waals surface area contributed by atoms with Crippen LogP contribution in [-0.2, 0) is 19.1 Å². The third-order valence-electron chi connectivity index (χ3n) is 3.20. The minimum absolute atomic E-state index is 0.348. The third kappa shape index (κ3) is 3.09. The molecule has 0 spiro atoms. The van der Waals surface area contributed by atoms with E-state index in [1.165, 1.54) is 20.3 Å². The number of methoxy groups -OCH3 is 2. The van der Waals surface area contributed by atoms with Gasteiger partial charge in [-0.1, -0.05) is 24.3 Å². The summed E-state index contributed by atoms with van der Waals surface area (Å²) in [5.41, 5.74) is 2.31. The zero-order chi connectivity index (χ0) is 15.2. The Morgan fingerprint density at radius 1 is 1.20 bits per heavy atom. The van der Waals surface area contributed by atoms with Crippen molar-refractivity contribution in [2.45, 2.75) is 20.3 Å². The number of allylic oxidation sites excluding steroid dienone is 4. The van der Waals surface area contributed by atoms with E-state index in [0.29, 0.717) is 6.42 Å². The van der Waals surface area contributed by atoms with E-state index < -0.39 is 17.4 Å². The molecule has 0 N–H and O–H groups in total. The lowest BCUT2D eigenvalue weighted by Gasteiger charge is -2.31. The summed E-state index contributed by atoms with van der Waals surface area (Å²) < 4.78 is 9.69. The summed E-state index contributed by atoms with van der Waals surface area (Å²) in [5, 5.41) is 0. The van der Waals surface area contributed by atoms with Gasteiger partial charge in [0.25, 0.3) is 0 Å². The summed E-state index contributed by atoms with van der Waals surface area (Å²) in [5.74, 6) is -1.62. The standard InChI is InChI=1S/C16H20O4/c1-12(2)10-11-16(14(17)19-3,15(18)20-4)13-8-6-5-7-9-13/h5-8,11,13H,9H2,1-4H3/t13-/m0/s1. The Balaban J connectivity index is 3.44. The van der Waals surface area contributed by atoms with Crippen LogP contribution in [0.1, 0.15) is 20.3 Å². The lowest BCUT2D eigenvalue weighted by Crippen LogP contribution is -2.45. The molecule has 1 rings (SSSR count). The van der Waals surface area contributed by atoms with Crippen molar-refractivity contribution in [3.8, 4) is 0 Å². The van der Waals surface area contributed by atoms with Gasteiger partial charge in [0.05, 0.1) is 14.2 Å². The molecule has 20 heavy (non-hydrogen) atoms. The molecule has 0 amide bonds. The fraction of sp³-hybridized carbons (Fsp3) is 0.438. The predicted octanol–water partition coefficient (Wildman–Crippen LogP) is 2.57. The van der Waals surface area contributed by atoms with Gasteiger partial charge in [-0.2, -0.15) is 0 Å². The molecule has 0 heterocycles. The first-order valence-corrected chi connectivity index (χ1v) is 6.40. The third-order valence-corrected chi connectivity index (χ3v) is 3.20. The zero-order valence-electron chi connectivity index (χ0n) is 12.3. The Morgan fingerprint density at radius 3 is 2.20 bits per heavy atom. The van der Waals surface area contributed by atoms with Gasteiger partial charge in [0.1, 0.15) is 0 Å². The van der Waals surface area contributed by atoms with E-state index in [1.807, 2.05) is 38.2 Å². The maximum atomic E-state index is 12.3. The fourth-order valence-electron chi connectivity index (χ4n) is 2.13. The van der Waals surface area contributed by atoms with E-state index in [4.69, 9.17) is 9.47 Å². The summed E-state index contributed by atoms with van der Waals surface area (Å²) in [6.45, 7) is 3.68. The van der Waals surface area contributed by atoms with Crippen molar-refractivity contribution >= 4 is 11.9 Å². The van der Waals surface area contributed by atoms with Gasteiger partial charge in [0, 0.05) is 5.92 Å². The van der Waals surface area contributed by atoms with Crippen molar-refractivity contribution in [2.24, 2.45) is 11.3 Å². The summed E-state index contributed by atoms with van der Waals surface area (Å²) >= 11 is 0. The van der Waals surface area contributed by atoms with Gasteiger partial charge < -0.3 is 9.47 Å². The van der Waals surface area contributed by atoms with Crippen LogP contribution < -0.4 is 0 Å². The van der Waals surface area contributed by atoms with E-state index in [-0.39, 0.29) is 5.92 Å². The molecule has 0 radical (unpaired) electrons. The predicted molar refractivity (Wildman–Crippen MR) is 75.8 cm³/mol. The molecule has 0 aromatic carbocycles. The second-order valence-corrected chi connectivity index (χ2v) is 4.80. The SMILES string of the molecule is COC(=O)C(C=C=C(C)C)(C(=O)OC)[C@H]1C=CC=CC1. The molecule has 0 saturated carbocycles. The van der Waals surface area contributed by atoms with Gasteiger partial charge in [-0.05, 0) is 31.9 Å². The lowest BCUT2D eigenvalue weighted by atomic mass is 9.72. The van der Waals surface area contributed by atoms with Crippen LogP contribution in [0.3, 0.4) is 0 Å². The molecule has 0 saturated heterocycles. The van der Waals surface area contributed by atoms with Crippen molar-refractivity contribution in [1.82, 2.24) is 0 Å². The van der Waals surface area contributed by atoms with Crippen LogP contribution in [0, 0.1) is 11.3 Å². The quantitative estimate of drug-likeness (QED) is 0.450. The Kier molecular flexibility index (Phi) is 5.53. The number of esters is 2. The first-order chi connectivity index (χ1) is 9.48. The molecule has 0 aromatic rings. The van der Waals surface area contributed by atoms with Crippen molar-refractivity contribution in [3.63, 3.8) is 0 Å². The summed E-state index contributed by atoms with van der Waals surface area (Å²) in [4.78, 5) is 24.6. The Labute approximate surface area is 119 Å². The van der Waals surface area contributed by atoms with E-state index in [9.17, 15) is 9.59 Å². The van der Waals surface area contributed by atoms with E-state index in [1.54, 1.807) is 0 Å². The van der Waals surface area contributed by atoms with Gasteiger partial charge in [-0.25, -0.2) is 0 Å². The molecule has 0 bridgehead atoms. The van der Waals surface area contributed by atoms with Crippen molar-refractivity contribution in [1.29, 1.82) is 0 Å². The maximum Gasteiger partial charge on any atom is 0.328 e. The van der Waals surface area contributed by atoms with Crippen LogP contribution in [0.2, 0.25) is 0 Å². The topological polar surface area (TPSA) is 52.6 Å². The average molecular weight is 276 g/mol. The Morgan fingerprint density at radius 2 is 1.80 bits per heavy atom. The van der Waals surface area contributed by atoms with Crippen LogP contribution in [0.15, 0.2) is 41.7 Å². The number of carbonyl (C=O) groups is 2. The van der Waals surface area contributed by atoms with Crippen LogP contribution >= 0.6 is 0 Å². The summed E-state index contributed by atoms with van der Waals surface area (Å²) in [6.07, 6.45) is 9.43. The van der Waals surface area contributed by atoms with Crippen LogP contribution in [-0.4, -0.2) is 26.2 Å². The van der Waals surface area contributed by atoms with Crippen molar-refractivity contribution in [3.05, 3.63) is 41.7 Å². The number of ether oxygens (including phenoxy) is 2. The number of rotatable bonds is 4. The molecular weight excluding hydrogens is 256 g/mol. The molecule has 0 aromatic heterocycles. The first kappa shape index (κ1) is 16.0. The monoisotopic (exact) mass is 276 g/mol. The molecular formula is C16H20O4. The van der Waals surface area contributed by atoms with Crippen LogP contribution in [0.25, 0.3) is 0 Å². The van der Waals surface area contributed by atoms with Crippen molar-refractivity contribution in [2.75, 3.05) is 14.2 Å². The molecule has 108 valence electrons. The zero-order valence-corrected chi connectivity index (χ0v) is 12.3. The Bertz CT molecular complexity index is 485. The molecule has 0 unspecified atom stereocenters. The largest absolute Gasteiger partial charge is 0.468 e. The molecule has 1 atom stereocenters. The number of carbonyl (C=O) groups excluding carboxylic acids is 2. The number of hydrogen-bond acceptors (Lipinski definition) is 4. The minimum atomic E-state index is -1.50. The van der Waals surface area contributed by atoms with Gasteiger partial charge in [0.15, 0.2) is 5.41 Å². The van der Waals surface area contributed by atoms with Crippen molar-refractivity contribution < 1.29 is 19.1 Å². The smallest absolute Gasteiger partial charge is 0.328 e. The van der Waals surface area contributed by atoms with Crippen LogP contribution in [0.5, 0.6) is 0 Å².